The van der Waals surface area contributed by atoms with Gasteiger partial charge < -0.3 is 10.6 Å². The van der Waals surface area contributed by atoms with E-state index in [-0.39, 0.29) is 11.8 Å². The van der Waals surface area contributed by atoms with Gasteiger partial charge in [0.15, 0.2) is 0 Å². The lowest BCUT2D eigenvalue weighted by Gasteiger charge is -2.25. The number of fused-ring (bicyclic) bond motifs is 1. The number of amides is 1. The first-order valence-corrected chi connectivity index (χ1v) is 6.91. The highest BCUT2D eigenvalue weighted by atomic mass is 16.1. The molecular weight excluding hydrogens is 224 g/mol. The average Bonchev–Trinajstić information content (AvgIpc) is 2.84. The van der Waals surface area contributed by atoms with Crippen molar-refractivity contribution >= 4 is 5.91 Å². The predicted octanol–water partition coefficient (Wildman–Crippen LogP) is 1.27. The molecule has 3 rings (SSSR count). The molecule has 0 radical (unpaired) electrons. The fraction of sp³-hybridized carbons (Fsp3) is 0.533. The molecule has 96 valence electrons. The Morgan fingerprint density at radius 3 is 2.56 bits per heavy atom. The molecule has 1 amide bonds. The van der Waals surface area contributed by atoms with Crippen molar-refractivity contribution in [1.29, 1.82) is 0 Å². The summed E-state index contributed by atoms with van der Waals surface area (Å²) in [6.07, 6.45) is 4.08. The minimum absolute atomic E-state index is 0.143. The summed E-state index contributed by atoms with van der Waals surface area (Å²) >= 11 is 0. The van der Waals surface area contributed by atoms with Gasteiger partial charge in [0.1, 0.15) is 0 Å². The molecule has 2 aliphatic rings. The molecule has 1 aliphatic heterocycles. The Morgan fingerprint density at radius 1 is 1.22 bits per heavy atom. The van der Waals surface area contributed by atoms with E-state index < -0.39 is 0 Å². The number of hydrogen-bond donors (Lipinski definition) is 2. The van der Waals surface area contributed by atoms with Crippen LogP contribution in [0.3, 0.4) is 0 Å². The lowest BCUT2D eigenvalue weighted by atomic mass is 10.0. The van der Waals surface area contributed by atoms with Gasteiger partial charge in [-0.05, 0) is 43.4 Å². The minimum Gasteiger partial charge on any atom is -0.352 e. The number of piperidine rings is 1. The van der Waals surface area contributed by atoms with Crippen LogP contribution in [0.25, 0.3) is 0 Å². The van der Waals surface area contributed by atoms with Crippen LogP contribution in [0.4, 0.5) is 0 Å². The standard InChI is InChI=1S/C15H20N2O/c18-15(17-14-6-3-7-16-10-14)13-8-11-4-1-2-5-12(11)9-13/h1-2,4-5,13-14,16H,3,6-10H2,(H,17,18)/t14-/m0/s1. The van der Waals surface area contributed by atoms with Crippen LogP contribution in [0, 0.1) is 5.92 Å². The van der Waals surface area contributed by atoms with E-state index >= 15 is 0 Å². The van der Waals surface area contributed by atoms with Gasteiger partial charge in [-0.25, -0.2) is 0 Å². The molecule has 1 atom stereocenters. The Labute approximate surface area is 108 Å². The second-order valence-electron chi connectivity index (χ2n) is 5.43. The molecule has 0 bridgehead atoms. The molecule has 1 aromatic rings. The fourth-order valence-electron chi connectivity index (χ4n) is 3.04. The molecule has 0 saturated carbocycles. The highest BCUT2D eigenvalue weighted by Crippen LogP contribution is 2.26. The molecule has 18 heavy (non-hydrogen) atoms. The van der Waals surface area contributed by atoms with Crippen LogP contribution in [0.1, 0.15) is 24.0 Å². The first-order valence-electron chi connectivity index (χ1n) is 6.91. The van der Waals surface area contributed by atoms with Gasteiger partial charge in [-0.3, -0.25) is 4.79 Å². The molecule has 3 nitrogen and oxygen atoms in total. The molecule has 3 heteroatoms. The maximum absolute atomic E-state index is 12.2. The summed E-state index contributed by atoms with van der Waals surface area (Å²) in [6.45, 7) is 2.01. The summed E-state index contributed by atoms with van der Waals surface area (Å²) in [4.78, 5) is 12.2. The first kappa shape index (κ1) is 11.7. The van der Waals surface area contributed by atoms with Gasteiger partial charge in [0, 0.05) is 18.5 Å². The lowest BCUT2D eigenvalue weighted by molar-refractivity contribution is -0.125. The van der Waals surface area contributed by atoms with Crippen molar-refractivity contribution in [2.24, 2.45) is 5.92 Å². The van der Waals surface area contributed by atoms with Crippen LogP contribution < -0.4 is 10.6 Å². The molecule has 2 N–H and O–H groups in total. The number of benzene rings is 1. The van der Waals surface area contributed by atoms with Crippen molar-refractivity contribution < 1.29 is 4.79 Å². The Balaban J connectivity index is 1.58. The summed E-state index contributed by atoms with van der Waals surface area (Å²) < 4.78 is 0. The zero-order chi connectivity index (χ0) is 12.4. The number of rotatable bonds is 2. The van der Waals surface area contributed by atoms with Crippen LogP contribution in [0.2, 0.25) is 0 Å². The smallest absolute Gasteiger partial charge is 0.224 e. The van der Waals surface area contributed by atoms with Gasteiger partial charge in [0.05, 0.1) is 0 Å². The van der Waals surface area contributed by atoms with E-state index in [2.05, 4.69) is 34.9 Å². The third kappa shape index (κ3) is 2.41. The Bertz CT molecular complexity index is 413. The number of nitrogens with one attached hydrogen (secondary N) is 2. The van der Waals surface area contributed by atoms with Gasteiger partial charge in [-0.1, -0.05) is 24.3 Å². The SMILES string of the molecule is O=C(N[C@H]1CCCNC1)C1Cc2ccccc2C1. The Hall–Kier alpha value is -1.35. The quantitative estimate of drug-likeness (QED) is 0.822. The first-order chi connectivity index (χ1) is 8.83. The molecule has 0 aromatic heterocycles. The fourth-order valence-corrected chi connectivity index (χ4v) is 3.04. The van der Waals surface area contributed by atoms with E-state index in [1.165, 1.54) is 11.1 Å². The monoisotopic (exact) mass is 244 g/mol. The zero-order valence-corrected chi connectivity index (χ0v) is 10.6. The largest absolute Gasteiger partial charge is 0.352 e. The minimum atomic E-state index is 0.143. The van der Waals surface area contributed by atoms with E-state index in [4.69, 9.17) is 0 Å². The molecule has 0 unspecified atom stereocenters. The number of hydrogen-bond acceptors (Lipinski definition) is 2. The van der Waals surface area contributed by atoms with Crippen molar-refractivity contribution in [3.05, 3.63) is 35.4 Å². The molecule has 0 spiro atoms. The van der Waals surface area contributed by atoms with E-state index in [0.29, 0.717) is 6.04 Å². The van der Waals surface area contributed by atoms with E-state index in [9.17, 15) is 4.79 Å². The molecule has 1 saturated heterocycles. The summed E-state index contributed by atoms with van der Waals surface area (Å²) in [5.74, 6) is 0.379. The molecule has 1 aliphatic carbocycles. The summed E-state index contributed by atoms with van der Waals surface area (Å²) in [7, 11) is 0. The van der Waals surface area contributed by atoms with Crippen LogP contribution in [-0.2, 0) is 17.6 Å². The van der Waals surface area contributed by atoms with Crippen LogP contribution >= 0.6 is 0 Å². The normalized spacial score (nSPS) is 23.7. The second-order valence-corrected chi connectivity index (χ2v) is 5.43. The maximum Gasteiger partial charge on any atom is 0.224 e. The van der Waals surface area contributed by atoms with Crippen LogP contribution in [-0.4, -0.2) is 25.0 Å². The Kier molecular flexibility index (Phi) is 3.33. The third-order valence-corrected chi connectivity index (χ3v) is 4.07. The molecule has 1 fully saturated rings. The highest BCUT2D eigenvalue weighted by molar-refractivity contribution is 5.80. The van der Waals surface area contributed by atoms with E-state index in [1.807, 2.05) is 0 Å². The average molecular weight is 244 g/mol. The third-order valence-electron chi connectivity index (χ3n) is 4.07. The predicted molar refractivity (Wildman–Crippen MR) is 71.4 cm³/mol. The second kappa shape index (κ2) is 5.11. The zero-order valence-electron chi connectivity index (χ0n) is 10.6. The lowest BCUT2D eigenvalue weighted by Crippen LogP contribution is -2.47. The van der Waals surface area contributed by atoms with Crippen molar-refractivity contribution in [3.63, 3.8) is 0 Å². The highest BCUT2D eigenvalue weighted by Gasteiger charge is 2.28. The Morgan fingerprint density at radius 2 is 1.94 bits per heavy atom. The van der Waals surface area contributed by atoms with Crippen molar-refractivity contribution in [3.8, 4) is 0 Å². The number of carbonyl (C=O) groups is 1. The summed E-state index contributed by atoms with van der Waals surface area (Å²) in [6, 6.07) is 8.74. The molecule has 1 heterocycles. The summed E-state index contributed by atoms with van der Waals surface area (Å²) in [5, 5.41) is 6.53. The van der Waals surface area contributed by atoms with Crippen LogP contribution in [0.15, 0.2) is 24.3 Å². The van der Waals surface area contributed by atoms with Gasteiger partial charge in [-0.15, -0.1) is 0 Å². The number of carbonyl (C=O) groups excluding carboxylic acids is 1. The topological polar surface area (TPSA) is 41.1 Å². The van der Waals surface area contributed by atoms with Crippen molar-refractivity contribution in [1.82, 2.24) is 10.6 Å². The maximum atomic E-state index is 12.2. The van der Waals surface area contributed by atoms with Gasteiger partial charge in [0.25, 0.3) is 0 Å². The molecular formula is C15H20N2O. The van der Waals surface area contributed by atoms with Crippen molar-refractivity contribution in [2.75, 3.05) is 13.1 Å². The van der Waals surface area contributed by atoms with E-state index in [0.717, 1.165) is 38.8 Å². The van der Waals surface area contributed by atoms with Gasteiger partial charge >= 0.3 is 0 Å². The van der Waals surface area contributed by atoms with Gasteiger partial charge in [0.2, 0.25) is 5.91 Å². The van der Waals surface area contributed by atoms with Crippen LogP contribution in [0.5, 0.6) is 0 Å². The summed E-state index contributed by atoms with van der Waals surface area (Å²) in [5.41, 5.74) is 2.69. The van der Waals surface area contributed by atoms with Crippen molar-refractivity contribution in [2.45, 2.75) is 31.7 Å². The van der Waals surface area contributed by atoms with E-state index in [1.54, 1.807) is 0 Å². The molecule has 1 aromatic carbocycles. The van der Waals surface area contributed by atoms with Gasteiger partial charge in [-0.2, -0.15) is 0 Å².